The summed E-state index contributed by atoms with van der Waals surface area (Å²) < 4.78 is 0. The lowest BCUT2D eigenvalue weighted by atomic mass is 10.6. The van der Waals surface area contributed by atoms with Crippen LogP contribution in [0.5, 0.6) is 0 Å². The maximum atomic E-state index is 11.4. The minimum atomic E-state index is -0.195. The molecule has 0 aliphatic carbocycles. The Morgan fingerprint density at radius 2 is 1.94 bits per heavy atom. The predicted molar refractivity (Wildman–Crippen MR) is 65.8 cm³/mol. The summed E-state index contributed by atoms with van der Waals surface area (Å²) in [6.07, 6.45) is 0. The zero-order valence-corrected chi connectivity index (χ0v) is 11.0. The summed E-state index contributed by atoms with van der Waals surface area (Å²) in [5.41, 5.74) is 0. The fraction of sp³-hybridized carbons (Fsp3) is 0.500. The van der Waals surface area contributed by atoms with Gasteiger partial charge in [-0.05, 0) is 0 Å². The molecule has 0 saturated heterocycles. The number of aromatic nitrogens is 1. The normalized spacial score (nSPS) is 8.81. The highest BCUT2D eigenvalue weighted by Gasteiger charge is 2.12. The summed E-state index contributed by atoms with van der Waals surface area (Å²) in [6, 6.07) is 0. The Hall–Kier alpha value is -1.43. The number of rotatable bonds is 2. The van der Waals surface area contributed by atoms with E-state index in [0.717, 1.165) is 0 Å². The number of hydrogen-bond donors (Lipinski definition) is 1. The van der Waals surface area contributed by atoms with E-state index in [0.29, 0.717) is 10.8 Å². The van der Waals surface area contributed by atoms with Crippen molar-refractivity contribution in [1.82, 2.24) is 9.88 Å². The van der Waals surface area contributed by atoms with E-state index in [1.165, 1.54) is 23.2 Å². The molecular weight excluding hydrogens is 226 g/mol. The molecule has 0 bridgehead atoms. The van der Waals surface area contributed by atoms with E-state index < -0.39 is 0 Å². The molecule has 1 rings (SSSR count). The molecule has 1 aromatic rings. The molecule has 1 aromatic heterocycles. The monoisotopic (exact) mass is 243 g/mol. The molecule has 0 radical (unpaired) electrons. The minimum Gasteiger partial charge on any atom is -0.343 e. The Bertz CT molecular complexity index is 361. The average Bonchev–Trinajstić information content (AvgIpc) is 2.67. The topological polar surface area (TPSA) is 62.3 Å². The van der Waals surface area contributed by atoms with Crippen molar-refractivity contribution in [3.05, 3.63) is 10.4 Å². The predicted octanol–water partition coefficient (Wildman–Crippen LogP) is 1.83. The third kappa shape index (κ3) is 4.39. The van der Waals surface area contributed by atoms with Gasteiger partial charge >= 0.3 is 0 Å². The van der Waals surface area contributed by atoms with Crippen molar-refractivity contribution < 1.29 is 9.59 Å². The van der Waals surface area contributed by atoms with Crippen LogP contribution in [0.1, 0.15) is 30.6 Å². The summed E-state index contributed by atoms with van der Waals surface area (Å²) in [5, 5.41) is 4.52. The van der Waals surface area contributed by atoms with Gasteiger partial charge in [0.05, 0.1) is 0 Å². The molecular formula is C10H17N3O2S. The van der Waals surface area contributed by atoms with Crippen LogP contribution in [-0.4, -0.2) is 35.8 Å². The molecule has 16 heavy (non-hydrogen) atoms. The Morgan fingerprint density at radius 1 is 1.38 bits per heavy atom. The van der Waals surface area contributed by atoms with Crippen LogP contribution in [0.4, 0.5) is 5.82 Å². The number of nitrogens with zero attached hydrogens (tertiary/aromatic N) is 2. The molecule has 6 heteroatoms. The zero-order valence-electron chi connectivity index (χ0n) is 10.2. The van der Waals surface area contributed by atoms with Gasteiger partial charge in [0.1, 0.15) is 5.82 Å². The number of nitrogens with one attached hydrogen (secondary N) is 1. The molecule has 0 unspecified atom stereocenters. The highest BCUT2D eigenvalue weighted by atomic mass is 32.1. The molecule has 0 fully saturated rings. The first kappa shape index (κ1) is 14.6. The zero-order chi connectivity index (χ0) is 12.7. The summed E-state index contributed by atoms with van der Waals surface area (Å²) in [6.45, 7) is 5.40. The number of hydrogen-bond acceptors (Lipinski definition) is 4. The van der Waals surface area contributed by atoms with Gasteiger partial charge in [-0.25, -0.2) is 4.98 Å². The van der Waals surface area contributed by atoms with Crippen LogP contribution in [0.3, 0.4) is 0 Å². The molecule has 0 atom stereocenters. The number of carbonyl (C=O) groups excluding carboxylic acids is 2. The van der Waals surface area contributed by atoms with Gasteiger partial charge in [-0.3, -0.25) is 9.59 Å². The largest absolute Gasteiger partial charge is 0.343 e. The first-order valence-corrected chi connectivity index (χ1v) is 5.83. The maximum absolute atomic E-state index is 11.4. The number of thiazole rings is 1. The van der Waals surface area contributed by atoms with Gasteiger partial charge in [-0.15, -0.1) is 11.3 Å². The summed E-state index contributed by atoms with van der Waals surface area (Å²) >= 11 is 1.21. The standard InChI is InChI=1S/C8H11N3O2S.C2H6/c1-5(12)9-6-4-14-7(10-6)8(13)11(2)3;1-2/h4H,1-3H3,(H,9,12);1-2H3. The van der Waals surface area contributed by atoms with Crippen LogP contribution in [0.25, 0.3) is 0 Å². The van der Waals surface area contributed by atoms with E-state index in [2.05, 4.69) is 10.3 Å². The Kier molecular flexibility index (Phi) is 6.32. The lowest BCUT2D eigenvalue weighted by Crippen LogP contribution is -2.21. The van der Waals surface area contributed by atoms with Crippen LogP contribution < -0.4 is 5.32 Å². The minimum absolute atomic E-state index is 0.161. The molecule has 90 valence electrons. The molecule has 5 nitrogen and oxygen atoms in total. The van der Waals surface area contributed by atoms with E-state index in [1.54, 1.807) is 19.5 Å². The van der Waals surface area contributed by atoms with Gasteiger partial charge in [0.2, 0.25) is 5.91 Å². The maximum Gasteiger partial charge on any atom is 0.282 e. The Labute approximate surface area is 99.5 Å². The van der Waals surface area contributed by atoms with Gasteiger partial charge in [-0.2, -0.15) is 0 Å². The van der Waals surface area contributed by atoms with Crippen LogP contribution in [0.2, 0.25) is 0 Å². The average molecular weight is 243 g/mol. The Morgan fingerprint density at radius 3 is 2.38 bits per heavy atom. The SMILES string of the molecule is CC.CC(=O)Nc1csc(C(=O)N(C)C)n1. The quantitative estimate of drug-likeness (QED) is 0.862. The second-order valence-electron chi connectivity index (χ2n) is 2.92. The second kappa shape index (κ2) is 6.95. The van der Waals surface area contributed by atoms with Gasteiger partial charge in [0, 0.05) is 26.4 Å². The summed E-state index contributed by atoms with van der Waals surface area (Å²) in [4.78, 5) is 27.5. The molecule has 2 amide bonds. The van der Waals surface area contributed by atoms with Crippen LogP contribution in [0.15, 0.2) is 5.38 Å². The highest BCUT2D eigenvalue weighted by molar-refractivity contribution is 7.12. The number of anilines is 1. The third-order valence-electron chi connectivity index (χ3n) is 1.40. The molecule has 0 aromatic carbocycles. The van der Waals surface area contributed by atoms with Gasteiger partial charge in [-0.1, -0.05) is 13.8 Å². The summed E-state index contributed by atoms with van der Waals surface area (Å²) in [5.74, 6) is 0.0680. The van der Waals surface area contributed by atoms with Crippen LogP contribution >= 0.6 is 11.3 Å². The van der Waals surface area contributed by atoms with Crippen molar-refractivity contribution in [3.63, 3.8) is 0 Å². The van der Waals surface area contributed by atoms with Crippen molar-refractivity contribution >= 4 is 29.0 Å². The first-order chi connectivity index (χ1) is 7.50. The van der Waals surface area contributed by atoms with Crippen molar-refractivity contribution in [2.45, 2.75) is 20.8 Å². The van der Waals surface area contributed by atoms with Gasteiger partial charge in [0.15, 0.2) is 5.01 Å². The van der Waals surface area contributed by atoms with Crippen molar-refractivity contribution in [2.75, 3.05) is 19.4 Å². The second-order valence-corrected chi connectivity index (χ2v) is 3.78. The number of amides is 2. The molecule has 0 aliphatic heterocycles. The van der Waals surface area contributed by atoms with E-state index in [9.17, 15) is 9.59 Å². The van der Waals surface area contributed by atoms with Crippen molar-refractivity contribution in [2.24, 2.45) is 0 Å². The molecule has 0 spiro atoms. The van der Waals surface area contributed by atoms with E-state index in [1.807, 2.05) is 13.8 Å². The molecule has 1 N–H and O–H groups in total. The van der Waals surface area contributed by atoms with Crippen molar-refractivity contribution in [1.29, 1.82) is 0 Å². The third-order valence-corrected chi connectivity index (χ3v) is 2.23. The molecule has 1 heterocycles. The first-order valence-electron chi connectivity index (χ1n) is 4.95. The highest BCUT2D eigenvalue weighted by Crippen LogP contribution is 2.15. The van der Waals surface area contributed by atoms with Crippen molar-refractivity contribution in [3.8, 4) is 0 Å². The van der Waals surface area contributed by atoms with E-state index in [4.69, 9.17) is 0 Å². The van der Waals surface area contributed by atoms with Crippen LogP contribution in [0, 0.1) is 0 Å². The summed E-state index contributed by atoms with van der Waals surface area (Å²) in [7, 11) is 3.31. The van der Waals surface area contributed by atoms with Gasteiger partial charge < -0.3 is 10.2 Å². The van der Waals surface area contributed by atoms with Gasteiger partial charge in [0.25, 0.3) is 5.91 Å². The Balaban J connectivity index is 0.00000106. The molecule has 0 saturated carbocycles. The van der Waals surface area contributed by atoms with E-state index in [-0.39, 0.29) is 11.8 Å². The lowest BCUT2D eigenvalue weighted by molar-refractivity contribution is -0.114. The molecule has 0 aliphatic rings. The fourth-order valence-electron chi connectivity index (χ4n) is 0.801. The van der Waals surface area contributed by atoms with Crippen LogP contribution in [-0.2, 0) is 4.79 Å². The lowest BCUT2D eigenvalue weighted by Gasteiger charge is -2.06. The smallest absolute Gasteiger partial charge is 0.282 e. The number of carbonyl (C=O) groups is 2. The fourth-order valence-corrected chi connectivity index (χ4v) is 1.57. The van der Waals surface area contributed by atoms with E-state index >= 15 is 0 Å².